The average Bonchev–Trinajstić information content (AvgIpc) is 2.73. The molecule has 96 valence electrons. The van der Waals surface area contributed by atoms with Crippen LogP contribution in [0, 0.1) is 0 Å². The zero-order chi connectivity index (χ0) is 12.5. The van der Waals surface area contributed by atoms with E-state index in [4.69, 9.17) is 0 Å². The molecule has 17 heavy (non-hydrogen) atoms. The maximum Gasteiger partial charge on any atom is 0.435 e. The first-order valence-electron chi connectivity index (χ1n) is 5.88. The van der Waals surface area contributed by atoms with Gasteiger partial charge in [-0.1, -0.05) is 6.92 Å². The van der Waals surface area contributed by atoms with E-state index in [1.165, 1.54) is 0 Å². The summed E-state index contributed by atoms with van der Waals surface area (Å²) in [6.07, 6.45) is -1.91. The number of nitrogens with zero attached hydrogens (tertiary/aromatic N) is 2. The van der Waals surface area contributed by atoms with Crippen LogP contribution in [0.2, 0.25) is 0 Å². The van der Waals surface area contributed by atoms with Crippen LogP contribution in [0.1, 0.15) is 37.2 Å². The van der Waals surface area contributed by atoms with Crippen LogP contribution in [0.25, 0.3) is 0 Å². The SMILES string of the molecule is CCc1cc(C(F)(F)F)nn1[C@@H]1CCCNC1. The normalized spacial score (nSPS) is 21.8. The lowest BCUT2D eigenvalue weighted by Gasteiger charge is -2.24. The molecule has 1 saturated heterocycles. The number of nitrogens with one attached hydrogen (secondary N) is 1. The minimum Gasteiger partial charge on any atom is -0.315 e. The Kier molecular flexibility index (Phi) is 3.42. The number of rotatable bonds is 2. The molecule has 0 bridgehead atoms. The molecule has 0 radical (unpaired) electrons. The minimum absolute atomic E-state index is 0.0507. The molecule has 1 N–H and O–H groups in total. The molecular formula is C11H16F3N3. The number of aryl methyl sites for hydroxylation is 1. The van der Waals surface area contributed by atoms with Crippen molar-refractivity contribution in [3.63, 3.8) is 0 Å². The van der Waals surface area contributed by atoms with Gasteiger partial charge in [0.1, 0.15) is 0 Å². The third-order valence-electron chi connectivity index (χ3n) is 3.08. The van der Waals surface area contributed by atoms with Crippen molar-refractivity contribution in [3.05, 3.63) is 17.5 Å². The largest absolute Gasteiger partial charge is 0.435 e. The van der Waals surface area contributed by atoms with Crippen LogP contribution < -0.4 is 5.32 Å². The third kappa shape index (κ3) is 2.62. The number of piperidine rings is 1. The fourth-order valence-electron chi connectivity index (χ4n) is 2.19. The second kappa shape index (κ2) is 4.68. The highest BCUT2D eigenvalue weighted by Gasteiger charge is 2.35. The third-order valence-corrected chi connectivity index (χ3v) is 3.08. The molecular weight excluding hydrogens is 231 g/mol. The van der Waals surface area contributed by atoms with Crippen LogP contribution in [0.15, 0.2) is 6.07 Å². The van der Waals surface area contributed by atoms with E-state index >= 15 is 0 Å². The molecule has 3 nitrogen and oxygen atoms in total. The van der Waals surface area contributed by atoms with E-state index in [2.05, 4.69) is 10.4 Å². The van der Waals surface area contributed by atoms with Crippen molar-refractivity contribution in [3.8, 4) is 0 Å². The van der Waals surface area contributed by atoms with E-state index in [1.807, 2.05) is 6.92 Å². The molecule has 6 heteroatoms. The predicted molar refractivity (Wildman–Crippen MR) is 57.7 cm³/mol. The zero-order valence-electron chi connectivity index (χ0n) is 9.72. The van der Waals surface area contributed by atoms with Gasteiger partial charge in [0.25, 0.3) is 0 Å². The molecule has 0 unspecified atom stereocenters. The Morgan fingerprint density at radius 1 is 1.53 bits per heavy atom. The van der Waals surface area contributed by atoms with Crippen LogP contribution in [0.5, 0.6) is 0 Å². The van der Waals surface area contributed by atoms with Gasteiger partial charge in [-0.2, -0.15) is 18.3 Å². The lowest BCUT2D eigenvalue weighted by atomic mass is 10.1. The van der Waals surface area contributed by atoms with Gasteiger partial charge in [-0.3, -0.25) is 4.68 Å². The molecule has 1 aromatic rings. The second-order valence-electron chi connectivity index (χ2n) is 4.32. The van der Waals surface area contributed by atoms with Crippen LogP contribution in [-0.4, -0.2) is 22.9 Å². The summed E-state index contributed by atoms with van der Waals surface area (Å²) in [5.74, 6) is 0. The van der Waals surface area contributed by atoms with Crippen molar-refractivity contribution >= 4 is 0 Å². The monoisotopic (exact) mass is 247 g/mol. The number of hydrogen-bond acceptors (Lipinski definition) is 2. The lowest BCUT2D eigenvalue weighted by molar-refractivity contribution is -0.141. The van der Waals surface area contributed by atoms with Crippen LogP contribution in [-0.2, 0) is 12.6 Å². The minimum atomic E-state index is -4.35. The molecule has 2 rings (SSSR count). The summed E-state index contributed by atoms with van der Waals surface area (Å²) in [6.45, 7) is 3.49. The van der Waals surface area contributed by atoms with Gasteiger partial charge in [0, 0.05) is 12.2 Å². The molecule has 1 aromatic heterocycles. The van der Waals surface area contributed by atoms with Crippen molar-refractivity contribution in [2.75, 3.05) is 13.1 Å². The van der Waals surface area contributed by atoms with E-state index in [0.29, 0.717) is 18.7 Å². The fraction of sp³-hybridized carbons (Fsp3) is 0.727. The Bertz CT molecular complexity index is 378. The van der Waals surface area contributed by atoms with Gasteiger partial charge in [-0.05, 0) is 31.9 Å². The Labute approximate surface area is 98.0 Å². The van der Waals surface area contributed by atoms with E-state index in [9.17, 15) is 13.2 Å². The van der Waals surface area contributed by atoms with Gasteiger partial charge in [0.05, 0.1) is 6.04 Å². The molecule has 0 aromatic carbocycles. The number of aromatic nitrogens is 2. The molecule has 0 aliphatic carbocycles. The standard InChI is InChI=1S/C11H16F3N3/c1-2-8-6-10(11(12,13)14)16-17(8)9-4-3-5-15-7-9/h6,9,15H,2-5,7H2,1H3/t9-/m1/s1. The number of alkyl halides is 3. The maximum atomic E-state index is 12.6. The Morgan fingerprint density at radius 2 is 2.29 bits per heavy atom. The van der Waals surface area contributed by atoms with Gasteiger partial charge in [-0.25, -0.2) is 0 Å². The summed E-state index contributed by atoms with van der Waals surface area (Å²) >= 11 is 0. The molecule has 0 spiro atoms. The summed E-state index contributed by atoms with van der Waals surface area (Å²) < 4.78 is 39.3. The first-order valence-corrected chi connectivity index (χ1v) is 5.88. The van der Waals surface area contributed by atoms with Crippen LogP contribution >= 0.6 is 0 Å². The molecule has 0 amide bonds. The maximum absolute atomic E-state index is 12.6. The lowest BCUT2D eigenvalue weighted by Crippen LogP contribution is -2.33. The smallest absolute Gasteiger partial charge is 0.315 e. The second-order valence-corrected chi connectivity index (χ2v) is 4.32. The summed E-state index contributed by atoms with van der Waals surface area (Å²) in [5.41, 5.74) is -0.119. The number of halogens is 3. The summed E-state index contributed by atoms with van der Waals surface area (Å²) in [4.78, 5) is 0. The topological polar surface area (TPSA) is 29.9 Å². The molecule has 1 aliphatic heterocycles. The van der Waals surface area contributed by atoms with Crippen molar-refractivity contribution in [2.45, 2.75) is 38.4 Å². The van der Waals surface area contributed by atoms with Gasteiger partial charge >= 0.3 is 6.18 Å². The highest BCUT2D eigenvalue weighted by Crippen LogP contribution is 2.30. The van der Waals surface area contributed by atoms with Crippen LogP contribution in [0.4, 0.5) is 13.2 Å². The molecule has 1 fully saturated rings. The first kappa shape index (κ1) is 12.4. The van der Waals surface area contributed by atoms with Crippen molar-refractivity contribution in [2.24, 2.45) is 0 Å². The highest BCUT2D eigenvalue weighted by atomic mass is 19.4. The summed E-state index contributed by atoms with van der Waals surface area (Å²) in [5, 5.41) is 6.92. The molecule has 0 saturated carbocycles. The van der Waals surface area contributed by atoms with E-state index in [-0.39, 0.29) is 6.04 Å². The highest BCUT2D eigenvalue weighted by molar-refractivity contribution is 5.14. The zero-order valence-corrected chi connectivity index (χ0v) is 9.72. The van der Waals surface area contributed by atoms with Gasteiger partial charge in [0.2, 0.25) is 0 Å². The fourth-order valence-corrected chi connectivity index (χ4v) is 2.19. The molecule has 1 atom stereocenters. The number of hydrogen-bond donors (Lipinski definition) is 1. The Hall–Kier alpha value is -1.04. The Morgan fingerprint density at radius 3 is 2.82 bits per heavy atom. The van der Waals surface area contributed by atoms with Gasteiger partial charge in [-0.15, -0.1) is 0 Å². The molecule has 2 heterocycles. The van der Waals surface area contributed by atoms with Gasteiger partial charge < -0.3 is 5.32 Å². The van der Waals surface area contributed by atoms with Gasteiger partial charge in [0.15, 0.2) is 5.69 Å². The summed E-state index contributed by atoms with van der Waals surface area (Å²) in [7, 11) is 0. The van der Waals surface area contributed by atoms with E-state index in [0.717, 1.165) is 25.5 Å². The predicted octanol–water partition coefficient (Wildman–Crippen LogP) is 2.39. The van der Waals surface area contributed by atoms with E-state index in [1.54, 1.807) is 4.68 Å². The van der Waals surface area contributed by atoms with Crippen molar-refractivity contribution in [1.82, 2.24) is 15.1 Å². The molecule has 1 aliphatic rings. The quantitative estimate of drug-likeness (QED) is 0.869. The van der Waals surface area contributed by atoms with Crippen molar-refractivity contribution < 1.29 is 13.2 Å². The van der Waals surface area contributed by atoms with Crippen LogP contribution in [0.3, 0.4) is 0 Å². The summed E-state index contributed by atoms with van der Waals surface area (Å²) in [6, 6.07) is 1.21. The first-order chi connectivity index (χ1) is 8.02. The average molecular weight is 247 g/mol. The van der Waals surface area contributed by atoms with Crippen molar-refractivity contribution in [1.29, 1.82) is 0 Å². The van der Waals surface area contributed by atoms with E-state index < -0.39 is 11.9 Å². The Balaban J connectivity index is 2.28.